The Hall–Kier alpha value is -3.09. The fourth-order valence-corrected chi connectivity index (χ4v) is 3.89. The second-order valence-electron chi connectivity index (χ2n) is 9.05. The van der Waals surface area contributed by atoms with Crippen LogP contribution in [0.2, 0.25) is 0 Å². The van der Waals surface area contributed by atoms with E-state index in [4.69, 9.17) is 9.72 Å². The molecule has 0 aliphatic carbocycles. The van der Waals surface area contributed by atoms with Crippen molar-refractivity contribution in [3.8, 4) is 0 Å². The number of anilines is 1. The normalized spacial score (nSPS) is 17.0. The van der Waals surface area contributed by atoms with Crippen molar-refractivity contribution in [2.45, 2.75) is 51.8 Å². The Morgan fingerprint density at radius 2 is 1.94 bits per heavy atom. The Kier molecular flexibility index (Phi) is 5.85. The number of amides is 1. The number of nitrogens with zero attached hydrogens (tertiary/aromatic N) is 3. The van der Waals surface area contributed by atoms with Gasteiger partial charge in [-0.05, 0) is 63.4 Å². The summed E-state index contributed by atoms with van der Waals surface area (Å²) in [6.45, 7) is 7.46. The number of nitrogens with one attached hydrogen (secondary N) is 1. The van der Waals surface area contributed by atoms with Crippen LogP contribution >= 0.6 is 0 Å². The van der Waals surface area contributed by atoms with Crippen LogP contribution in [-0.4, -0.2) is 45.3 Å². The Balaban J connectivity index is 1.55. The number of benzene rings is 2. The van der Waals surface area contributed by atoms with Crippen molar-refractivity contribution in [3.63, 3.8) is 0 Å². The Labute approximate surface area is 182 Å². The molecule has 1 saturated heterocycles. The highest BCUT2D eigenvalue weighted by Crippen LogP contribution is 2.24. The highest BCUT2D eigenvalue weighted by molar-refractivity contribution is 5.79. The van der Waals surface area contributed by atoms with Gasteiger partial charge in [0, 0.05) is 19.1 Å². The smallest absolute Gasteiger partial charge is 0.410 e. The third-order valence-corrected chi connectivity index (χ3v) is 5.31. The number of piperidine rings is 1. The predicted octanol–water partition coefficient (Wildman–Crippen LogP) is 5.04. The van der Waals surface area contributed by atoms with Crippen molar-refractivity contribution in [3.05, 3.63) is 59.9 Å². The van der Waals surface area contributed by atoms with Gasteiger partial charge in [-0.15, -0.1) is 0 Å². The molecule has 2 heterocycles. The molecule has 7 heteroatoms. The van der Waals surface area contributed by atoms with Gasteiger partial charge in [0.15, 0.2) is 0 Å². The molecule has 31 heavy (non-hydrogen) atoms. The van der Waals surface area contributed by atoms with E-state index in [9.17, 15) is 9.18 Å². The SMILES string of the molecule is CC(C)(C)OC(=O)N1CCCC(Nc2nc3ccccc3n2Cc2ccc(F)cc2)C1. The number of halogens is 1. The summed E-state index contributed by atoms with van der Waals surface area (Å²) in [7, 11) is 0. The van der Waals surface area contributed by atoms with E-state index in [1.165, 1.54) is 12.1 Å². The summed E-state index contributed by atoms with van der Waals surface area (Å²) >= 11 is 0. The molecular formula is C24H29FN4O2. The maximum absolute atomic E-state index is 13.3. The van der Waals surface area contributed by atoms with Crippen LogP contribution in [0.1, 0.15) is 39.2 Å². The van der Waals surface area contributed by atoms with Crippen LogP contribution in [0.25, 0.3) is 11.0 Å². The van der Waals surface area contributed by atoms with E-state index < -0.39 is 5.60 Å². The van der Waals surface area contributed by atoms with Crippen LogP contribution in [0.5, 0.6) is 0 Å². The van der Waals surface area contributed by atoms with Crippen molar-refractivity contribution >= 4 is 23.1 Å². The van der Waals surface area contributed by atoms with Crippen LogP contribution in [-0.2, 0) is 11.3 Å². The summed E-state index contributed by atoms with van der Waals surface area (Å²) in [6, 6.07) is 14.6. The second-order valence-corrected chi connectivity index (χ2v) is 9.05. The average molecular weight is 425 g/mol. The van der Waals surface area contributed by atoms with Gasteiger partial charge >= 0.3 is 6.09 Å². The minimum absolute atomic E-state index is 0.0741. The minimum atomic E-state index is -0.513. The molecule has 164 valence electrons. The maximum atomic E-state index is 13.3. The highest BCUT2D eigenvalue weighted by Gasteiger charge is 2.28. The van der Waals surface area contributed by atoms with E-state index in [0.29, 0.717) is 19.6 Å². The lowest BCUT2D eigenvalue weighted by molar-refractivity contribution is 0.0206. The van der Waals surface area contributed by atoms with Gasteiger partial charge in [-0.1, -0.05) is 24.3 Å². The molecule has 6 nitrogen and oxygen atoms in total. The van der Waals surface area contributed by atoms with Crippen molar-refractivity contribution in [2.24, 2.45) is 0 Å². The van der Waals surface area contributed by atoms with Crippen molar-refractivity contribution in [1.29, 1.82) is 0 Å². The first-order valence-corrected chi connectivity index (χ1v) is 10.7. The van der Waals surface area contributed by atoms with E-state index in [0.717, 1.165) is 35.4 Å². The summed E-state index contributed by atoms with van der Waals surface area (Å²) in [5.74, 6) is 0.503. The highest BCUT2D eigenvalue weighted by atomic mass is 19.1. The molecule has 2 aromatic carbocycles. The average Bonchev–Trinajstić information content (AvgIpc) is 3.06. The number of hydrogen-bond acceptors (Lipinski definition) is 4. The summed E-state index contributed by atoms with van der Waals surface area (Å²) in [5, 5.41) is 3.55. The standard InChI is InChI=1S/C24H29FN4O2/c1-24(2,3)31-23(30)28-14-6-7-19(16-28)26-22-27-20-8-4-5-9-21(20)29(22)15-17-10-12-18(25)13-11-17/h4-5,8-13,19H,6-7,14-16H2,1-3H3,(H,26,27). The molecule has 0 spiro atoms. The lowest BCUT2D eigenvalue weighted by Crippen LogP contribution is -2.47. The van der Waals surface area contributed by atoms with Gasteiger partial charge in [0.25, 0.3) is 0 Å². The first-order valence-electron chi connectivity index (χ1n) is 10.7. The molecule has 3 aromatic rings. The number of hydrogen-bond donors (Lipinski definition) is 1. The molecule has 1 fully saturated rings. The Morgan fingerprint density at radius 3 is 2.68 bits per heavy atom. The molecular weight excluding hydrogens is 395 g/mol. The molecule has 1 unspecified atom stereocenters. The van der Waals surface area contributed by atoms with Gasteiger partial charge in [0.2, 0.25) is 5.95 Å². The largest absolute Gasteiger partial charge is 0.444 e. The number of ether oxygens (including phenoxy) is 1. The zero-order valence-corrected chi connectivity index (χ0v) is 18.3. The first kappa shape index (κ1) is 21.2. The van der Waals surface area contributed by atoms with Crippen LogP contribution in [0, 0.1) is 5.82 Å². The summed E-state index contributed by atoms with van der Waals surface area (Å²) in [6.07, 6.45) is 1.56. The molecule has 1 atom stereocenters. The van der Waals surface area contributed by atoms with Crippen molar-refractivity contribution < 1.29 is 13.9 Å². The van der Waals surface area contributed by atoms with Gasteiger partial charge in [-0.2, -0.15) is 0 Å². The van der Waals surface area contributed by atoms with Crippen LogP contribution in [0.15, 0.2) is 48.5 Å². The molecule has 1 amide bonds. The summed E-state index contributed by atoms with van der Waals surface area (Å²) in [5.41, 5.74) is 2.38. The van der Waals surface area contributed by atoms with E-state index in [-0.39, 0.29) is 18.0 Å². The van der Waals surface area contributed by atoms with Gasteiger partial charge in [0.1, 0.15) is 11.4 Å². The fraction of sp³-hybridized carbons (Fsp3) is 0.417. The molecule has 0 radical (unpaired) electrons. The number of para-hydroxylation sites is 2. The number of carbonyl (C=O) groups is 1. The zero-order chi connectivity index (χ0) is 22.0. The lowest BCUT2D eigenvalue weighted by Gasteiger charge is -2.34. The Bertz CT molecular complexity index is 1060. The number of imidazole rings is 1. The van der Waals surface area contributed by atoms with Crippen molar-refractivity contribution in [1.82, 2.24) is 14.5 Å². The lowest BCUT2D eigenvalue weighted by atomic mass is 10.1. The third-order valence-electron chi connectivity index (χ3n) is 5.31. The molecule has 1 aromatic heterocycles. The number of aromatic nitrogens is 2. The number of likely N-dealkylation sites (tertiary alicyclic amines) is 1. The topological polar surface area (TPSA) is 59.4 Å². The van der Waals surface area contributed by atoms with Gasteiger partial charge in [-0.25, -0.2) is 14.2 Å². The van der Waals surface area contributed by atoms with E-state index in [2.05, 4.69) is 9.88 Å². The summed E-state index contributed by atoms with van der Waals surface area (Å²) < 4.78 is 21.0. The third kappa shape index (κ3) is 5.16. The molecule has 1 N–H and O–H groups in total. The van der Waals surface area contributed by atoms with E-state index >= 15 is 0 Å². The quantitative estimate of drug-likeness (QED) is 0.638. The molecule has 0 bridgehead atoms. The first-order chi connectivity index (χ1) is 14.8. The van der Waals surface area contributed by atoms with E-state index in [1.54, 1.807) is 17.0 Å². The van der Waals surface area contributed by atoms with Crippen LogP contribution in [0.3, 0.4) is 0 Å². The Morgan fingerprint density at radius 1 is 1.19 bits per heavy atom. The van der Waals surface area contributed by atoms with E-state index in [1.807, 2.05) is 45.0 Å². The number of carbonyl (C=O) groups excluding carboxylic acids is 1. The minimum Gasteiger partial charge on any atom is -0.444 e. The second kappa shape index (κ2) is 8.57. The monoisotopic (exact) mass is 424 g/mol. The van der Waals surface area contributed by atoms with Crippen LogP contribution < -0.4 is 5.32 Å². The maximum Gasteiger partial charge on any atom is 0.410 e. The van der Waals surface area contributed by atoms with Gasteiger partial charge in [-0.3, -0.25) is 0 Å². The summed E-state index contributed by atoms with van der Waals surface area (Å²) in [4.78, 5) is 19.1. The molecule has 1 aliphatic rings. The molecule has 1 aliphatic heterocycles. The number of rotatable bonds is 4. The van der Waals surface area contributed by atoms with Crippen molar-refractivity contribution in [2.75, 3.05) is 18.4 Å². The molecule has 4 rings (SSSR count). The zero-order valence-electron chi connectivity index (χ0n) is 18.3. The fourth-order valence-electron chi connectivity index (χ4n) is 3.89. The van der Waals surface area contributed by atoms with Gasteiger partial charge in [0.05, 0.1) is 17.6 Å². The van der Waals surface area contributed by atoms with Crippen LogP contribution in [0.4, 0.5) is 15.1 Å². The predicted molar refractivity (Wildman–Crippen MR) is 120 cm³/mol. The van der Waals surface area contributed by atoms with Gasteiger partial charge < -0.3 is 19.5 Å². The molecule has 0 saturated carbocycles. The number of fused-ring (bicyclic) bond motifs is 1.